The molecule has 1 heterocycles. The highest BCUT2D eigenvalue weighted by atomic mass is 19.4. The summed E-state index contributed by atoms with van der Waals surface area (Å²) in [5.41, 5.74) is -1.02. The molecule has 112 valence electrons. The van der Waals surface area contributed by atoms with Gasteiger partial charge in [-0.2, -0.15) is 0 Å². The number of carbonyl (C=O) groups excluding carboxylic acids is 1. The van der Waals surface area contributed by atoms with Crippen LogP contribution < -0.4 is 9.47 Å². The third-order valence-electron chi connectivity index (χ3n) is 2.05. The zero-order valence-electron chi connectivity index (χ0n) is 10.6. The fourth-order valence-electron chi connectivity index (χ4n) is 1.35. The highest BCUT2D eigenvalue weighted by Gasteiger charge is 2.36. The Bertz CT molecular complexity index is 490. The van der Waals surface area contributed by atoms with Crippen LogP contribution in [0.2, 0.25) is 0 Å². The summed E-state index contributed by atoms with van der Waals surface area (Å²) < 4.78 is 62.4. The van der Waals surface area contributed by atoms with Gasteiger partial charge in [0, 0.05) is 6.07 Å². The van der Waals surface area contributed by atoms with E-state index in [1.165, 1.54) is 6.92 Å². The number of pyridine rings is 1. The molecule has 0 radical (unpaired) electrons. The summed E-state index contributed by atoms with van der Waals surface area (Å²) in [6.45, 7) is 0.254. The van der Waals surface area contributed by atoms with Crippen molar-refractivity contribution in [3.05, 3.63) is 17.3 Å². The second-order valence-electron chi connectivity index (χ2n) is 3.40. The van der Waals surface area contributed by atoms with Crippen LogP contribution in [0.25, 0.3) is 0 Å². The molecule has 0 saturated carbocycles. The molecule has 0 spiro atoms. The number of ether oxygens (including phenoxy) is 3. The Balaban J connectivity index is 3.38. The molecule has 20 heavy (non-hydrogen) atoms. The lowest BCUT2D eigenvalue weighted by molar-refractivity contribution is -0.276. The van der Waals surface area contributed by atoms with Crippen LogP contribution in [0, 0.1) is 0 Å². The Morgan fingerprint density at radius 2 is 2.05 bits per heavy atom. The number of alkyl halides is 4. The summed E-state index contributed by atoms with van der Waals surface area (Å²) in [6.07, 6.45) is -5.09. The standard InChI is InChI=1S/C11H11F4NO4/c1-3-19-10(17)8-7(18-2)4-6(5-12)16-9(8)20-11(13,14)15/h4H,3,5H2,1-2H3. The first kappa shape index (κ1) is 16.0. The Labute approximate surface area is 111 Å². The Kier molecular flexibility index (Phi) is 5.12. The van der Waals surface area contributed by atoms with Gasteiger partial charge in [0.1, 0.15) is 12.4 Å². The van der Waals surface area contributed by atoms with Crippen LogP contribution in [-0.2, 0) is 11.4 Å². The van der Waals surface area contributed by atoms with Gasteiger partial charge in [0.2, 0.25) is 5.88 Å². The summed E-state index contributed by atoms with van der Waals surface area (Å²) >= 11 is 0. The molecule has 0 aliphatic heterocycles. The van der Waals surface area contributed by atoms with Gasteiger partial charge < -0.3 is 14.2 Å². The van der Waals surface area contributed by atoms with Crippen molar-refractivity contribution in [2.45, 2.75) is 20.0 Å². The number of halogens is 4. The molecule has 0 aromatic carbocycles. The third kappa shape index (κ3) is 3.97. The summed E-state index contributed by atoms with van der Waals surface area (Å²) in [5.74, 6) is -2.53. The summed E-state index contributed by atoms with van der Waals surface area (Å²) in [7, 11) is 1.11. The number of methoxy groups -OCH3 is 1. The van der Waals surface area contributed by atoms with E-state index in [1.54, 1.807) is 0 Å². The van der Waals surface area contributed by atoms with Crippen molar-refractivity contribution >= 4 is 5.97 Å². The van der Waals surface area contributed by atoms with E-state index in [2.05, 4.69) is 14.5 Å². The van der Waals surface area contributed by atoms with E-state index in [-0.39, 0.29) is 18.1 Å². The highest BCUT2D eigenvalue weighted by Crippen LogP contribution is 2.32. The number of carbonyl (C=O) groups is 1. The molecule has 0 amide bonds. The van der Waals surface area contributed by atoms with Crippen molar-refractivity contribution in [2.75, 3.05) is 13.7 Å². The molecule has 0 aliphatic rings. The largest absolute Gasteiger partial charge is 0.574 e. The molecule has 0 saturated heterocycles. The zero-order chi connectivity index (χ0) is 15.3. The van der Waals surface area contributed by atoms with E-state index in [1.807, 2.05) is 0 Å². The smallest absolute Gasteiger partial charge is 0.496 e. The van der Waals surface area contributed by atoms with E-state index in [0.717, 1.165) is 13.2 Å². The molecule has 9 heteroatoms. The molecule has 0 aliphatic carbocycles. The predicted molar refractivity (Wildman–Crippen MR) is 58.2 cm³/mol. The Morgan fingerprint density at radius 3 is 2.50 bits per heavy atom. The summed E-state index contributed by atoms with van der Waals surface area (Å²) in [6, 6.07) is 0.996. The molecular formula is C11H11F4NO4. The fourth-order valence-corrected chi connectivity index (χ4v) is 1.35. The van der Waals surface area contributed by atoms with Crippen molar-refractivity contribution < 1.29 is 36.6 Å². The first-order valence-electron chi connectivity index (χ1n) is 5.39. The molecule has 5 nitrogen and oxygen atoms in total. The lowest BCUT2D eigenvalue weighted by Crippen LogP contribution is -2.21. The number of rotatable bonds is 5. The van der Waals surface area contributed by atoms with Gasteiger partial charge in [0.05, 0.1) is 19.4 Å². The molecule has 0 unspecified atom stereocenters. The predicted octanol–water partition coefficient (Wildman–Crippen LogP) is 2.64. The van der Waals surface area contributed by atoms with Crippen molar-refractivity contribution in [1.29, 1.82) is 0 Å². The number of esters is 1. The molecule has 1 rings (SSSR count). The van der Waals surface area contributed by atoms with Crippen molar-refractivity contribution in [3.63, 3.8) is 0 Å². The number of hydrogen-bond acceptors (Lipinski definition) is 5. The summed E-state index contributed by atoms with van der Waals surface area (Å²) in [5, 5.41) is 0. The van der Waals surface area contributed by atoms with Crippen LogP contribution in [-0.4, -0.2) is 31.0 Å². The van der Waals surface area contributed by atoms with Gasteiger partial charge in [-0.3, -0.25) is 0 Å². The monoisotopic (exact) mass is 297 g/mol. The molecule has 0 N–H and O–H groups in total. The van der Waals surface area contributed by atoms with Crippen molar-refractivity contribution in [3.8, 4) is 11.6 Å². The molecule has 0 fully saturated rings. The van der Waals surface area contributed by atoms with Crippen LogP contribution in [0.15, 0.2) is 6.07 Å². The third-order valence-corrected chi connectivity index (χ3v) is 2.05. The maximum Gasteiger partial charge on any atom is 0.574 e. The minimum atomic E-state index is -5.09. The lowest BCUT2D eigenvalue weighted by Gasteiger charge is -2.15. The van der Waals surface area contributed by atoms with Gasteiger partial charge >= 0.3 is 12.3 Å². The second-order valence-corrected chi connectivity index (χ2v) is 3.40. The SMILES string of the molecule is CCOC(=O)c1c(OC)cc(CF)nc1OC(F)(F)F. The van der Waals surface area contributed by atoms with Crippen LogP contribution in [0.5, 0.6) is 11.6 Å². The maximum absolute atomic E-state index is 12.6. The molecule has 0 bridgehead atoms. The quantitative estimate of drug-likeness (QED) is 0.617. The first-order valence-corrected chi connectivity index (χ1v) is 5.39. The van der Waals surface area contributed by atoms with Crippen LogP contribution in [0.4, 0.5) is 17.6 Å². The van der Waals surface area contributed by atoms with E-state index in [4.69, 9.17) is 4.74 Å². The normalized spacial score (nSPS) is 11.1. The van der Waals surface area contributed by atoms with Gasteiger partial charge in [-0.05, 0) is 6.92 Å². The highest BCUT2D eigenvalue weighted by molar-refractivity contribution is 5.95. The zero-order valence-corrected chi connectivity index (χ0v) is 10.6. The van der Waals surface area contributed by atoms with Gasteiger partial charge in [-0.15, -0.1) is 13.2 Å². The second kappa shape index (κ2) is 6.40. The lowest BCUT2D eigenvalue weighted by atomic mass is 10.2. The first-order chi connectivity index (χ1) is 9.32. The van der Waals surface area contributed by atoms with Crippen molar-refractivity contribution in [1.82, 2.24) is 4.98 Å². The average molecular weight is 297 g/mol. The topological polar surface area (TPSA) is 57.7 Å². The molecule has 0 atom stereocenters. The average Bonchev–Trinajstić information content (AvgIpc) is 2.35. The van der Waals surface area contributed by atoms with Gasteiger partial charge in [0.25, 0.3) is 0 Å². The fraction of sp³-hybridized carbons (Fsp3) is 0.455. The molecule has 1 aromatic rings. The number of aromatic nitrogens is 1. The minimum absolute atomic E-state index is 0.0711. The van der Waals surface area contributed by atoms with Crippen molar-refractivity contribution in [2.24, 2.45) is 0 Å². The van der Waals surface area contributed by atoms with Crippen LogP contribution in [0.3, 0.4) is 0 Å². The number of nitrogens with zero attached hydrogens (tertiary/aromatic N) is 1. The van der Waals surface area contributed by atoms with E-state index < -0.39 is 30.4 Å². The van der Waals surface area contributed by atoms with Crippen LogP contribution >= 0.6 is 0 Å². The van der Waals surface area contributed by atoms with Gasteiger partial charge in [0.15, 0.2) is 5.56 Å². The van der Waals surface area contributed by atoms with Crippen LogP contribution in [0.1, 0.15) is 23.0 Å². The summed E-state index contributed by atoms with van der Waals surface area (Å²) in [4.78, 5) is 14.9. The molecular weight excluding hydrogens is 286 g/mol. The number of hydrogen-bond donors (Lipinski definition) is 0. The minimum Gasteiger partial charge on any atom is -0.496 e. The van der Waals surface area contributed by atoms with Gasteiger partial charge in [-0.25, -0.2) is 14.2 Å². The maximum atomic E-state index is 12.6. The Hall–Kier alpha value is -2.06. The van der Waals surface area contributed by atoms with E-state index in [9.17, 15) is 22.4 Å². The van der Waals surface area contributed by atoms with E-state index in [0.29, 0.717) is 0 Å². The molecule has 1 aromatic heterocycles. The van der Waals surface area contributed by atoms with Gasteiger partial charge in [-0.1, -0.05) is 0 Å². The van der Waals surface area contributed by atoms with E-state index >= 15 is 0 Å². The Morgan fingerprint density at radius 1 is 1.40 bits per heavy atom.